The smallest absolute Gasteiger partial charge is 0.303 e. The van der Waals surface area contributed by atoms with E-state index in [1.807, 2.05) is 24.3 Å². The number of nitrogens with one attached hydrogen (secondary N) is 1. The second kappa shape index (κ2) is 9.46. The monoisotopic (exact) mass is 357 g/mol. The Hall–Kier alpha value is -3.02. The lowest BCUT2D eigenvalue weighted by Crippen LogP contribution is -2.07. The number of carboxylic acid groups (broad SMARTS) is 1. The van der Waals surface area contributed by atoms with Crippen LogP contribution in [0.2, 0.25) is 0 Å². The molecular formula is C20H23NO5. The molecule has 2 aromatic rings. The lowest BCUT2D eigenvalue weighted by molar-refractivity contribution is -0.137. The fraction of sp³-hybridized carbons (Fsp3) is 0.300. The number of carbonyl (C=O) groups excluding carboxylic acids is 1. The highest BCUT2D eigenvalue weighted by atomic mass is 16.5. The van der Waals surface area contributed by atoms with Gasteiger partial charge in [-0.15, -0.1) is 0 Å². The second-order valence-electron chi connectivity index (χ2n) is 5.78. The first-order valence-corrected chi connectivity index (χ1v) is 8.36. The zero-order valence-electron chi connectivity index (χ0n) is 15.0. The van der Waals surface area contributed by atoms with Crippen LogP contribution >= 0.6 is 0 Å². The van der Waals surface area contributed by atoms with Gasteiger partial charge in [0.25, 0.3) is 0 Å². The minimum Gasteiger partial charge on any atom is -0.493 e. The van der Waals surface area contributed by atoms with Gasteiger partial charge >= 0.3 is 5.97 Å². The Bertz CT molecular complexity index is 755. The third-order valence-electron chi connectivity index (χ3n) is 3.84. The van der Waals surface area contributed by atoms with Crippen LogP contribution in [0.15, 0.2) is 42.5 Å². The zero-order valence-corrected chi connectivity index (χ0v) is 15.0. The number of hydrogen-bond donors (Lipinski definition) is 2. The SMILES string of the molecule is COc1cccc(CNc2ccc(C(C)=O)cc2)c1OCCCC(=O)O. The highest BCUT2D eigenvalue weighted by Gasteiger charge is 2.11. The summed E-state index contributed by atoms with van der Waals surface area (Å²) in [7, 11) is 1.57. The summed E-state index contributed by atoms with van der Waals surface area (Å²) in [6.45, 7) is 2.34. The number of carboxylic acids is 1. The zero-order chi connectivity index (χ0) is 18.9. The Morgan fingerprint density at radius 2 is 1.85 bits per heavy atom. The molecule has 6 nitrogen and oxygen atoms in total. The predicted octanol–water partition coefficient (Wildman–Crippen LogP) is 3.75. The van der Waals surface area contributed by atoms with Crippen molar-refractivity contribution in [1.82, 2.24) is 0 Å². The first-order valence-electron chi connectivity index (χ1n) is 8.36. The minimum absolute atomic E-state index is 0.0291. The minimum atomic E-state index is -0.843. The molecule has 0 aliphatic rings. The van der Waals surface area contributed by atoms with Crippen molar-refractivity contribution in [3.05, 3.63) is 53.6 Å². The molecule has 0 aliphatic carbocycles. The number of hydrogen-bond acceptors (Lipinski definition) is 5. The Kier molecular flexibility index (Phi) is 7.02. The van der Waals surface area contributed by atoms with Crippen LogP contribution in [0.1, 0.15) is 35.7 Å². The molecule has 0 saturated carbocycles. The lowest BCUT2D eigenvalue weighted by atomic mass is 10.1. The molecule has 0 atom stereocenters. The third kappa shape index (κ3) is 5.51. The summed E-state index contributed by atoms with van der Waals surface area (Å²) in [5.74, 6) is 0.394. The highest BCUT2D eigenvalue weighted by molar-refractivity contribution is 5.94. The van der Waals surface area contributed by atoms with E-state index in [0.717, 1.165) is 11.3 Å². The van der Waals surface area contributed by atoms with Crippen LogP contribution < -0.4 is 14.8 Å². The lowest BCUT2D eigenvalue weighted by Gasteiger charge is -2.16. The maximum atomic E-state index is 11.3. The van der Waals surface area contributed by atoms with Crippen LogP contribution in [-0.2, 0) is 11.3 Å². The van der Waals surface area contributed by atoms with Gasteiger partial charge in [0.1, 0.15) is 0 Å². The number of Topliss-reactive ketones (excluding diaryl/α,β-unsaturated/α-hetero) is 1. The molecule has 0 heterocycles. The summed E-state index contributed by atoms with van der Waals surface area (Å²) in [6, 6.07) is 12.9. The van der Waals surface area contributed by atoms with Crippen molar-refractivity contribution in [2.24, 2.45) is 0 Å². The van der Waals surface area contributed by atoms with Gasteiger partial charge in [-0.2, -0.15) is 0 Å². The molecule has 0 aliphatic heterocycles. The molecule has 2 aromatic carbocycles. The predicted molar refractivity (Wildman–Crippen MR) is 99.1 cm³/mol. The van der Waals surface area contributed by atoms with Crippen LogP contribution in [0, 0.1) is 0 Å². The van der Waals surface area contributed by atoms with Gasteiger partial charge in [-0.05, 0) is 43.7 Å². The number of para-hydroxylation sites is 1. The van der Waals surface area contributed by atoms with E-state index in [2.05, 4.69) is 5.32 Å². The van der Waals surface area contributed by atoms with E-state index < -0.39 is 5.97 Å². The van der Waals surface area contributed by atoms with Gasteiger partial charge in [0.05, 0.1) is 13.7 Å². The number of anilines is 1. The largest absolute Gasteiger partial charge is 0.493 e. The van der Waals surface area contributed by atoms with E-state index in [1.165, 1.54) is 6.92 Å². The number of rotatable bonds is 10. The van der Waals surface area contributed by atoms with E-state index in [-0.39, 0.29) is 12.2 Å². The van der Waals surface area contributed by atoms with Crippen LogP contribution in [0.5, 0.6) is 11.5 Å². The Morgan fingerprint density at radius 1 is 1.12 bits per heavy atom. The Morgan fingerprint density at radius 3 is 2.46 bits per heavy atom. The van der Waals surface area contributed by atoms with E-state index in [1.54, 1.807) is 25.3 Å². The maximum absolute atomic E-state index is 11.3. The highest BCUT2D eigenvalue weighted by Crippen LogP contribution is 2.32. The first kappa shape index (κ1) is 19.3. The van der Waals surface area contributed by atoms with Gasteiger partial charge in [0.2, 0.25) is 0 Å². The number of methoxy groups -OCH3 is 1. The maximum Gasteiger partial charge on any atom is 0.303 e. The summed E-state index contributed by atoms with van der Waals surface area (Å²) >= 11 is 0. The van der Waals surface area contributed by atoms with E-state index in [0.29, 0.717) is 36.6 Å². The van der Waals surface area contributed by atoms with Crippen LogP contribution in [-0.4, -0.2) is 30.6 Å². The topological polar surface area (TPSA) is 84.9 Å². The molecule has 0 bridgehead atoms. The molecule has 0 spiro atoms. The van der Waals surface area contributed by atoms with Crippen LogP contribution in [0.3, 0.4) is 0 Å². The summed E-state index contributed by atoms with van der Waals surface area (Å²) < 4.78 is 11.1. The van der Waals surface area contributed by atoms with Crippen molar-refractivity contribution in [1.29, 1.82) is 0 Å². The number of carbonyl (C=O) groups is 2. The van der Waals surface area contributed by atoms with Gasteiger partial charge < -0.3 is 19.9 Å². The van der Waals surface area contributed by atoms with Crippen LogP contribution in [0.4, 0.5) is 5.69 Å². The van der Waals surface area contributed by atoms with Crippen LogP contribution in [0.25, 0.3) is 0 Å². The van der Waals surface area contributed by atoms with Crippen molar-refractivity contribution < 1.29 is 24.2 Å². The molecule has 6 heteroatoms. The van der Waals surface area contributed by atoms with E-state index in [4.69, 9.17) is 14.6 Å². The van der Waals surface area contributed by atoms with E-state index >= 15 is 0 Å². The van der Waals surface area contributed by atoms with Crippen molar-refractivity contribution >= 4 is 17.4 Å². The van der Waals surface area contributed by atoms with Gasteiger partial charge in [-0.25, -0.2) is 0 Å². The fourth-order valence-electron chi connectivity index (χ4n) is 2.44. The first-order chi connectivity index (χ1) is 12.5. The average molecular weight is 357 g/mol. The average Bonchev–Trinajstić information content (AvgIpc) is 2.64. The third-order valence-corrected chi connectivity index (χ3v) is 3.84. The summed E-state index contributed by atoms with van der Waals surface area (Å²) in [6.07, 6.45) is 0.484. The molecule has 26 heavy (non-hydrogen) atoms. The molecule has 0 aromatic heterocycles. The molecule has 0 amide bonds. The molecular weight excluding hydrogens is 334 g/mol. The molecule has 0 unspecified atom stereocenters. The summed E-state index contributed by atoms with van der Waals surface area (Å²) in [5, 5.41) is 12.0. The van der Waals surface area contributed by atoms with Gasteiger partial charge in [0.15, 0.2) is 17.3 Å². The Balaban J connectivity index is 2.05. The summed E-state index contributed by atoms with van der Waals surface area (Å²) in [5.41, 5.74) is 2.45. The fourth-order valence-corrected chi connectivity index (χ4v) is 2.44. The quantitative estimate of drug-likeness (QED) is 0.497. The standard InChI is InChI=1S/C20H23NO5/c1-14(22)15-8-10-17(11-9-15)21-13-16-5-3-6-18(25-2)20(16)26-12-4-7-19(23)24/h3,5-6,8-11,21H,4,7,12-13H2,1-2H3,(H,23,24). The molecule has 2 rings (SSSR count). The molecule has 138 valence electrons. The number of ketones is 1. The van der Waals surface area contributed by atoms with Crippen molar-refractivity contribution in [3.8, 4) is 11.5 Å². The summed E-state index contributed by atoms with van der Waals surface area (Å²) in [4.78, 5) is 21.9. The Labute approximate surface area is 152 Å². The molecule has 0 saturated heterocycles. The van der Waals surface area contributed by atoms with E-state index in [9.17, 15) is 9.59 Å². The molecule has 0 fully saturated rings. The van der Waals surface area contributed by atoms with Gasteiger partial charge in [0, 0.05) is 29.8 Å². The molecule has 2 N–H and O–H groups in total. The van der Waals surface area contributed by atoms with Crippen molar-refractivity contribution in [3.63, 3.8) is 0 Å². The van der Waals surface area contributed by atoms with Crippen molar-refractivity contribution in [2.45, 2.75) is 26.3 Å². The second-order valence-corrected chi connectivity index (χ2v) is 5.78. The molecule has 0 radical (unpaired) electrons. The normalized spacial score (nSPS) is 10.2. The number of benzene rings is 2. The van der Waals surface area contributed by atoms with Crippen molar-refractivity contribution in [2.75, 3.05) is 19.0 Å². The van der Waals surface area contributed by atoms with Gasteiger partial charge in [-0.3, -0.25) is 9.59 Å². The van der Waals surface area contributed by atoms with Gasteiger partial charge in [-0.1, -0.05) is 12.1 Å². The number of aliphatic carboxylic acids is 1. The number of ether oxygens (including phenoxy) is 2.